The summed E-state index contributed by atoms with van der Waals surface area (Å²) in [7, 11) is 9.15. The third-order valence-corrected chi connectivity index (χ3v) is 23.1. The molecule has 0 radical (unpaired) electrons. The van der Waals surface area contributed by atoms with Crippen LogP contribution in [0.2, 0.25) is 0 Å². The number of thiophene rings is 1. The van der Waals surface area contributed by atoms with Gasteiger partial charge in [0.25, 0.3) is 13.4 Å². The average Bonchev–Trinajstić information content (AvgIpc) is 1.43. The molecular formula is C81H55B2N9S. The van der Waals surface area contributed by atoms with Crippen molar-refractivity contribution < 1.29 is 0 Å². The number of aryl methyl sites for hydroxylation is 1. The van der Waals surface area contributed by atoms with Gasteiger partial charge in [0.1, 0.15) is 0 Å². The van der Waals surface area contributed by atoms with Gasteiger partial charge in [-0.25, -0.2) is 0 Å². The minimum absolute atomic E-state index is 0.153. The number of benzene rings is 12. The van der Waals surface area contributed by atoms with Gasteiger partial charge in [0.05, 0.1) is 118 Å². The van der Waals surface area contributed by atoms with Crippen LogP contribution in [0.3, 0.4) is 0 Å². The molecule has 9 aliphatic heterocycles. The van der Waals surface area contributed by atoms with Gasteiger partial charge in [0, 0.05) is 50.9 Å². The Labute approximate surface area is 544 Å². The zero-order chi connectivity index (χ0) is 61.1. The predicted molar refractivity (Wildman–Crippen MR) is 394 cm³/mol. The first-order valence-corrected chi connectivity index (χ1v) is 33.1. The van der Waals surface area contributed by atoms with E-state index in [0.29, 0.717) is 0 Å². The Kier molecular flexibility index (Phi) is 9.53. The van der Waals surface area contributed by atoms with Crippen LogP contribution in [0.4, 0.5) is 131 Å². The zero-order valence-electron chi connectivity index (χ0n) is 51.7. The molecule has 9 nitrogen and oxygen atoms in total. The minimum Gasteiger partial charge on any atom is -0.341 e. The second kappa shape index (κ2) is 17.6. The van der Waals surface area contributed by atoms with Gasteiger partial charge in [-0.05, 0) is 140 Å². The van der Waals surface area contributed by atoms with E-state index < -0.39 is 0 Å². The molecule has 0 bridgehead atoms. The second-order valence-electron chi connectivity index (χ2n) is 26.2. The highest BCUT2D eigenvalue weighted by atomic mass is 32.1. The fraction of sp³-hybridized carbons (Fsp3) is 0.0617. The van der Waals surface area contributed by atoms with Crippen molar-refractivity contribution in [2.24, 2.45) is 0 Å². The van der Waals surface area contributed by atoms with Crippen LogP contribution in [0.15, 0.2) is 243 Å². The highest BCUT2D eigenvalue weighted by molar-refractivity contribution is 7.20. The van der Waals surface area contributed by atoms with Crippen LogP contribution in [0.5, 0.6) is 0 Å². The molecule has 12 aromatic carbocycles. The molecule has 436 valence electrons. The monoisotopic (exact) mass is 1210 g/mol. The van der Waals surface area contributed by atoms with Crippen molar-refractivity contribution in [3.05, 3.63) is 248 Å². The molecule has 0 amide bonds. The first-order valence-electron chi connectivity index (χ1n) is 32.3. The molecule has 22 rings (SSSR count). The maximum atomic E-state index is 2.80. The molecule has 0 unspecified atom stereocenters. The zero-order valence-corrected chi connectivity index (χ0v) is 52.5. The maximum absolute atomic E-state index is 2.80. The lowest BCUT2D eigenvalue weighted by Crippen LogP contribution is -2.66. The number of para-hydroxylation sites is 5. The van der Waals surface area contributed by atoms with Crippen molar-refractivity contribution in [1.82, 2.24) is 0 Å². The van der Waals surface area contributed by atoms with E-state index in [0.717, 1.165) is 17.1 Å². The Morgan fingerprint density at radius 3 is 1.25 bits per heavy atom. The molecule has 0 saturated carbocycles. The first-order chi connectivity index (χ1) is 45.8. The summed E-state index contributed by atoms with van der Waals surface area (Å²) in [6.45, 7) is 2.05. The van der Waals surface area contributed by atoms with Gasteiger partial charge in [0.2, 0.25) is 0 Å². The Morgan fingerprint density at radius 2 is 0.699 bits per heavy atom. The smallest absolute Gasteiger partial charge is 0.252 e. The Morgan fingerprint density at radius 1 is 0.280 bits per heavy atom. The van der Waals surface area contributed by atoms with E-state index in [4.69, 9.17) is 0 Å². The van der Waals surface area contributed by atoms with E-state index in [-0.39, 0.29) is 13.4 Å². The summed E-state index contributed by atoms with van der Waals surface area (Å²) < 4.78 is 0. The van der Waals surface area contributed by atoms with Crippen molar-refractivity contribution in [2.45, 2.75) is 6.92 Å². The van der Waals surface area contributed by atoms with E-state index >= 15 is 0 Å². The topological polar surface area (TPSA) is 29.2 Å². The van der Waals surface area contributed by atoms with Crippen molar-refractivity contribution in [2.75, 3.05) is 72.3 Å². The van der Waals surface area contributed by atoms with Crippen LogP contribution in [0, 0.1) is 6.92 Å². The molecule has 1 aromatic heterocycles. The van der Waals surface area contributed by atoms with Crippen molar-refractivity contribution in [1.29, 1.82) is 0 Å². The van der Waals surface area contributed by atoms with Gasteiger partial charge in [-0.1, -0.05) is 170 Å². The van der Waals surface area contributed by atoms with E-state index in [2.05, 4.69) is 322 Å². The van der Waals surface area contributed by atoms with Gasteiger partial charge in [-0.3, -0.25) is 0 Å². The lowest BCUT2D eigenvalue weighted by Gasteiger charge is -2.56. The fourth-order valence-electron chi connectivity index (χ4n) is 18.1. The van der Waals surface area contributed by atoms with Crippen LogP contribution >= 0.6 is 11.3 Å². The van der Waals surface area contributed by atoms with Crippen LogP contribution in [0.1, 0.15) is 5.56 Å². The summed E-state index contributed by atoms with van der Waals surface area (Å²) in [5, 5.41) is 0. The molecule has 93 heavy (non-hydrogen) atoms. The summed E-state index contributed by atoms with van der Waals surface area (Å²) in [6.07, 6.45) is 0. The number of nitrogens with zero attached hydrogens (tertiary/aromatic N) is 9. The van der Waals surface area contributed by atoms with E-state index in [1.54, 1.807) is 0 Å². The third-order valence-electron chi connectivity index (χ3n) is 21.8. The molecule has 13 aromatic rings. The van der Waals surface area contributed by atoms with Crippen molar-refractivity contribution in [3.8, 4) is 32.0 Å². The highest BCUT2D eigenvalue weighted by Crippen LogP contribution is 2.70. The maximum Gasteiger partial charge on any atom is 0.252 e. The standard InChI is InChI=1S/C81H55B2N9S/c1-46-42-62-66-76-68(46)86(4)60-38-23-37-59-74(60)92(76)70-56(43-50(44-64(70)85(59)3)47-24-11-6-12-25-47)83(66)55-41-40-54-71-72(55)89(62)78-79(81(49-28-15-8-16-29-49)93-80(78)48-26-13-7-14-27-48)90(71)63-45-65(88(51-30-17-9-18-31-51)52-32-19-10-20-33-52)75-77-67(63)82(54)53-34-21-35-57-69(53)91(77)73-58(84(57)2)36-22-39-61(73)87(75)5/h6-45H,1-5H3. The highest BCUT2D eigenvalue weighted by Gasteiger charge is 2.58. The fourth-order valence-corrected chi connectivity index (χ4v) is 19.4. The van der Waals surface area contributed by atoms with Crippen LogP contribution in [0.25, 0.3) is 32.0 Å². The molecule has 12 heteroatoms. The second-order valence-corrected chi connectivity index (χ2v) is 27.3. The molecule has 0 spiro atoms. The lowest BCUT2D eigenvalue weighted by molar-refractivity contribution is 1.07. The Balaban J connectivity index is 0.935. The number of fused-ring (bicyclic) bond motifs is 9. The van der Waals surface area contributed by atoms with Gasteiger partial charge in [-0.15, -0.1) is 11.3 Å². The van der Waals surface area contributed by atoms with Crippen molar-refractivity contribution >= 4 is 188 Å². The van der Waals surface area contributed by atoms with E-state index in [9.17, 15) is 0 Å². The summed E-state index contributed by atoms with van der Waals surface area (Å²) in [6, 6.07) is 91.9. The van der Waals surface area contributed by atoms with Gasteiger partial charge in [0.15, 0.2) is 0 Å². The van der Waals surface area contributed by atoms with Crippen LogP contribution in [-0.2, 0) is 0 Å². The lowest BCUT2D eigenvalue weighted by atomic mass is 9.30. The number of hydrogen-bond acceptors (Lipinski definition) is 10. The summed E-state index contributed by atoms with van der Waals surface area (Å²) in [5.74, 6) is 0. The third kappa shape index (κ3) is 6.03. The van der Waals surface area contributed by atoms with Gasteiger partial charge in [-0.2, -0.15) is 0 Å². The number of hydrogen-bond donors (Lipinski definition) is 0. The number of rotatable bonds is 6. The van der Waals surface area contributed by atoms with E-state index in [1.165, 1.54) is 184 Å². The molecule has 0 saturated heterocycles. The molecule has 0 atom stereocenters. The Bertz CT molecular complexity index is 5510. The summed E-state index contributed by atoms with van der Waals surface area (Å²) in [4.78, 5) is 25.9. The van der Waals surface area contributed by atoms with Gasteiger partial charge < -0.3 is 44.1 Å². The quantitative estimate of drug-likeness (QED) is 0.151. The molecule has 0 N–H and O–H groups in total. The van der Waals surface area contributed by atoms with Crippen molar-refractivity contribution in [3.63, 3.8) is 0 Å². The summed E-state index contributed by atoms with van der Waals surface area (Å²) in [5.41, 5.74) is 41.6. The minimum atomic E-state index is -0.156. The first kappa shape index (κ1) is 50.4. The molecule has 0 aliphatic carbocycles. The Hall–Kier alpha value is -11.3. The molecular weight excluding hydrogens is 1150 g/mol. The van der Waals surface area contributed by atoms with Crippen LogP contribution < -0.4 is 76.9 Å². The SMILES string of the molecule is Cc1cc2c3c4c1N(C)c1cccc5c1N4c1c(cc(-c4ccccc4)cc1N5C)B3c1ccc3c4c1N2c1c(-c2ccccc2)sc(-c2ccccc2)c1N4c1cc(N(c2ccccc2)c2ccccc2)c2c4c1B3c1cccc3c1N4c1c(cccc1N2C)N3C. The average molecular weight is 1210 g/mol. The molecule has 10 heterocycles. The normalized spacial score (nSPS) is 14.7. The largest absolute Gasteiger partial charge is 0.341 e. The van der Waals surface area contributed by atoms with Gasteiger partial charge >= 0.3 is 0 Å². The summed E-state index contributed by atoms with van der Waals surface area (Å²) >= 11 is 1.93. The molecule has 9 aliphatic rings. The molecule has 0 fully saturated rings. The van der Waals surface area contributed by atoms with E-state index in [1.807, 2.05) is 11.3 Å². The number of anilines is 23. The predicted octanol–water partition coefficient (Wildman–Crippen LogP) is 17.3. The van der Waals surface area contributed by atoms with Crippen LogP contribution in [-0.4, -0.2) is 41.6 Å².